The average molecular weight is 302 g/mol. The summed E-state index contributed by atoms with van der Waals surface area (Å²) in [5.41, 5.74) is 7.98. The molecule has 1 aromatic heterocycles. The van der Waals surface area contributed by atoms with E-state index in [1.807, 2.05) is 12.1 Å². The van der Waals surface area contributed by atoms with Gasteiger partial charge in [0.15, 0.2) is 0 Å². The molecule has 1 fully saturated rings. The molecule has 1 aliphatic rings. The Morgan fingerprint density at radius 1 is 1.48 bits per heavy atom. The van der Waals surface area contributed by atoms with Crippen molar-refractivity contribution in [3.63, 3.8) is 0 Å². The Bertz CT molecular complexity index is 673. The molecule has 0 spiro atoms. The van der Waals surface area contributed by atoms with E-state index in [1.54, 1.807) is 0 Å². The minimum Gasteiger partial charge on any atom is -0.397 e. The lowest BCUT2D eigenvalue weighted by molar-refractivity contribution is 0.0937. The number of nitrogens with one attached hydrogen (secondary N) is 1. The predicted molar refractivity (Wildman–Crippen MR) is 89.9 cm³/mol. The molecular formula is C17H22N2OS. The number of rotatable bonds is 5. The van der Waals surface area contributed by atoms with Gasteiger partial charge in [-0.05, 0) is 37.3 Å². The Kier molecular flexibility index (Phi) is 3.89. The molecule has 1 amide bonds. The first kappa shape index (κ1) is 14.4. The first-order chi connectivity index (χ1) is 10.1. The molecule has 1 heterocycles. The third-order valence-corrected chi connectivity index (χ3v) is 5.40. The summed E-state index contributed by atoms with van der Waals surface area (Å²) in [5, 5.41) is 4.15. The lowest BCUT2D eigenvalue weighted by Gasteiger charge is -2.16. The number of nitrogen functional groups attached to an aromatic ring is 1. The number of thiophene rings is 1. The molecule has 0 radical (unpaired) electrons. The van der Waals surface area contributed by atoms with Crippen LogP contribution in [-0.4, -0.2) is 11.9 Å². The zero-order chi connectivity index (χ0) is 15.0. The second-order valence-corrected chi connectivity index (χ2v) is 7.15. The van der Waals surface area contributed by atoms with Gasteiger partial charge in [0.05, 0.1) is 5.69 Å². The van der Waals surface area contributed by atoms with Gasteiger partial charge >= 0.3 is 0 Å². The summed E-state index contributed by atoms with van der Waals surface area (Å²) >= 11 is 1.50. The number of anilines is 1. The predicted octanol–water partition coefficient (Wildman–Crippen LogP) is 4.10. The highest BCUT2D eigenvalue weighted by Gasteiger charge is 2.26. The van der Waals surface area contributed by atoms with Crippen LogP contribution in [0.1, 0.15) is 47.8 Å². The molecule has 0 bridgehead atoms. The molecular weight excluding hydrogens is 280 g/mol. The van der Waals surface area contributed by atoms with Crippen LogP contribution in [0.4, 0.5) is 5.69 Å². The fourth-order valence-electron chi connectivity index (χ4n) is 2.73. The lowest BCUT2D eigenvalue weighted by atomic mass is 10.1. The summed E-state index contributed by atoms with van der Waals surface area (Å²) in [5.74, 6) is 0.802. The van der Waals surface area contributed by atoms with E-state index in [9.17, 15) is 4.79 Å². The fourth-order valence-corrected chi connectivity index (χ4v) is 3.85. The summed E-state index contributed by atoms with van der Waals surface area (Å²) in [4.78, 5) is 13.2. The van der Waals surface area contributed by atoms with E-state index in [-0.39, 0.29) is 11.9 Å². The van der Waals surface area contributed by atoms with Gasteiger partial charge in [0.1, 0.15) is 4.88 Å². The van der Waals surface area contributed by atoms with Gasteiger partial charge in [-0.25, -0.2) is 0 Å². The maximum atomic E-state index is 12.5. The highest BCUT2D eigenvalue weighted by molar-refractivity contribution is 7.21. The van der Waals surface area contributed by atoms with Crippen molar-refractivity contribution in [2.24, 2.45) is 5.92 Å². The number of carbonyl (C=O) groups excluding carboxylic acids is 1. The van der Waals surface area contributed by atoms with Crippen molar-refractivity contribution < 1.29 is 4.79 Å². The van der Waals surface area contributed by atoms with Crippen LogP contribution in [-0.2, 0) is 0 Å². The van der Waals surface area contributed by atoms with Crippen molar-refractivity contribution in [3.05, 3.63) is 28.6 Å². The summed E-state index contributed by atoms with van der Waals surface area (Å²) in [6.07, 6.45) is 4.71. The van der Waals surface area contributed by atoms with Gasteiger partial charge in [0.2, 0.25) is 0 Å². The van der Waals surface area contributed by atoms with Crippen molar-refractivity contribution in [1.29, 1.82) is 0 Å². The smallest absolute Gasteiger partial charge is 0.263 e. The molecule has 3 N–H and O–H groups in total. The molecule has 3 nitrogen and oxygen atoms in total. The van der Waals surface area contributed by atoms with Crippen LogP contribution >= 0.6 is 11.3 Å². The first-order valence-corrected chi connectivity index (χ1v) is 8.49. The topological polar surface area (TPSA) is 55.1 Å². The van der Waals surface area contributed by atoms with Crippen molar-refractivity contribution in [3.8, 4) is 0 Å². The zero-order valence-electron chi connectivity index (χ0n) is 12.6. The number of amides is 1. The number of nitrogens with two attached hydrogens (primary N) is 1. The molecule has 1 saturated carbocycles. The number of carbonyl (C=O) groups is 1. The van der Waals surface area contributed by atoms with E-state index in [2.05, 4.69) is 25.2 Å². The molecule has 0 saturated heterocycles. The molecule has 1 atom stereocenters. The van der Waals surface area contributed by atoms with Gasteiger partial charge in [-0.2, -0.15) is 0 Å². The van der Waals surface area contributed by atoms with E-state index in [0.717, 1.165) is 28.8 Å². The molecule has 0 aliphatic heterocycles. The standard InChI is InChI=1S/C17H22N2OS/c1-3-12(9-11-5-6-11)19-17(20)16-15(18)13-7-4-10(2)8-14(13)21-16/h4,7-8,11-12H,3,5-6,9,18H2,1-2H3,(H,19,20). The fraction of sp³-hybridized carbons (Fsp3) is 0.471. The number of hydrogen-bond acceptors (Lipinski definition) is 3. The van der Waals surface area contributed by atoms with Gasteiger partial charge < -0.3 is 11.1 Å². The SMILES string of the molecule is CCC(CC1CC1)NC(=O)c1sc2cc(C)ccc2c1N. The third kappa shape index (κ3) is 3.05. The van der Waals surface area contributed by atoms with E-state index < -0.39 is 0 Å². The minimum absolute atomic E-state index is 0.0150. The average Bonchev–Trinajstić information content (AvgIpc) is 3.21. The third-order valence-electron chi connectivity index (χ3n) is 4.23. The van der Waals surface area contributed by atoms with Gasteiger partial charge in [-0.3, -0.25) is 4.79 Å². The zero-order valence-corrected chi connectivity index (χ0v) is 13.4. The van der Waals surface area contributed by atoms with Crippen LogP contribution < -0.4 is 11.1 Å². The second-order valence-electron chi connectivity index (χ2n) is 6.10. The highest BCUT2D eigenvalue weighted by atomic mass is 32.1. The van der Waals surface area contributed by atoms with Crippen molar-refractivity contribution in [1.82, 2.24) is 5.32 Å². The molecule has 1 aliphatic carbocycles. The van der Waals surface area contributed by atoms with Crippen molar-refractivity contribution in [2.45, 2.75) is 45.6 Å². The van der Waals surface area contributed by atoms with E-state index >= 15 is 0 Å². The van der Waals surface area contributed by atoms with Gasteiger partial charge in [0.25, 0.3) is 5.91 Å². The summed E-state index contributed by atoms with van der Waals surface area (Å²) < 4.78 is 1.09. The molecule has 112 valence electrons. The van der Waals surface area contributed by atoms with E-state index in [4.69, 9.17) is 5.73 Å². The maximum absolute atomic E-state index is 12.5. The van der Waals surface area contributed by atoms with Crippen LogP contribution in [0.15, 0.2) is 18.2 Å². The van der Waals surface area contributed by atoms with Crippen LogP contribution in [0.3, 0.4) is 0 Å². The number of fused-ring (bicyclic) bond motifs is 1. The molecule has 1 unspecified atom stereocenters. The van der Waals surface area contributed by atoms with Crippen molar-refractivity contribution in [2.75, 3.05) is 5.73 Å². The van der Waals surface area contributed by atoms with Crippen LogP contribution in [0.5, 0.6) is 0 Å². The van der Waals surface area contributed by atoms with Gasteiger partial charge in [-0.15, -0.1) is 11.3 Å². The van der Waals surface area contributed by atoms with E-state index in [0.29, 0.717) is 10.6 Å². The molecule has 4 heteroatoms. The highest BCUT2D eigenvalue weighted by Crippen LogP contribution is 2.36. The summed E-state index contributed by atoms with van der Waals surface area (Å²) in [6, 6.07) is 6.41. The lowest BCUT2D eigenvalue weighted by Crippen LogP contribution is -2.34. The Labute approximate surface area is 129 Å². The first-order valence-electron chi connectivity index (χ1n) is 7.68. The monoisotopic (exact) mass is 302 g/mol. The Hall–Kier alpha value is -1.55. The molecule has 21 heavy (non-hydrogen) atoms. The number of benzene rings is 1. The van der Waals surface area contributed by atoms with Gasteiger partial charge in [-0.1, -0.05) is 31.9 Å². The van der Waals surface area contributed by atoms with Crippen LogP contribution in [0, 0.1) is 12.8 Å². The number of aryl methyl sites for hydroxylation is 1. The molecule has 2 aromatic rings. The Morgan fingerprint density at radius 2 is 2.24 bits per heavy atom. The van der Waals surface area contributed by atoms with E-state index in [1.165, 1.54) is 29.7 Å². The van der Waals surface area contributed by atoms with Crippen molar-refractivity contribution >= 4 is 33.0 Å². The van der Waals surface area contributed by atoms with Crippen LogP contribution in [0.2, 0.25) is 0 Å². The summed E-state index contributed by atoms with van der Waals surface area (Å²) in [6.45, 7) is 4.18. The Balaban J connectivity index is 1.81. The number of hydrogen-bond donors (Lipinski definition) is 2. The summed E-state index contributed by atoms with van der Waals surface area (Å²) in [7, 11) is 0. The minimum atomic E-state index is -0.0150. The maximum Gasteiger partial charge on any atom is 0.263 e. The second kappa shape index (κ2) is 5.68. The largest absolute Gasteiger partial charge is 0.397 e. The van der Waals surface area contributed by atoms with Gasteiger partial charge in [0, 0.05) is 16.1 Å². The normalized spacial score (nSPS) is 16.1. The molecule has 1 aromatic carbocycles. The quantitative estimate of drug-likeness (QED) is 0.873. The Morgan fingerprint density at radius 3 is 2.90 bits per heavy atom. The van der Waals surface area contributed by atoms with Crippen LogP contribution in [0.25, 0.3) is 10.1 Å². The molecule has 3 rings (SSSR count).